The highest BCUT2D eigenvalue weighted by molar-refractivity contribution is 7.92. The van der Waals surface area contributed by atoms with Crippen LogP contribution in [0.25, 0.3) is 0 Å². The van der Waals surface area contributed by atoms with E-state index in [4.69, 9.17) is 0 Å². The van der Waals surface area contributed by atoms with Crippen LogP contribution in [-0.4, -0.2) is 20.9 Å². The monoisotopic (exact) mass is 378 g/mol. The summed E-state index contributed by atoms with van der Waals surface area (Å²) in [5.74, 6) is -2.62. The number of nitrogens with zero attached hydrogens (tertiary/aromatic N) is 1. The van der Waals surface area contributed by atoms with Crippen LogP contribution in [0.3, 0.4) is 0 Å². The van der Waals surface area contributed by atoms with Gasteiger partial charge < -0.3 is 4.90 Å². The van der Waals surface area contributed by atoms with E-state index in [0.717, 1.165) is 35.9 Å². The normalized spacial score (nSPS) is 18.8. The molecular weight excluding hydrogens is 362 g/mol. The molecule has 0 spiro atoms. The van der Waals surface area contributed by atoms with Crippen LogP contribution < -0.4 is 9.62 Å². The van der Waals surface area contributed by atoms with Crippen molar-refractivity contribution in [2.24, 2.45) is 0 Å². The first-order valence-electron chi connectivity index (χ1n) is 8.24. The molecule has 5 nitrogen and oxygen atoms in total. The maximum absolute atomic E-state index is 13.3. The number of halogens is 2. The van der Waals surface area contributed by atoms with Crippen molar-refractivity contribution in [1.29, 1.82) is 0 Å². The van der Waals surface area contributed by atoms with Crippen molar-refractivity contribution >= 4 is 27.3 Å². The lowest BCUT2D eigenvalue weighted by Crippen LogP contribution is -2.32. The van der Waals surface area contributed by atoms with Gasteiger partial charge >= 0.3 is 0 Å². The quantitative estimate of drug-likeness (QED) is 0.892. The average molecular weight is 378 g/mol. The number of amides is 1. The third-order valence-corrected chi connectivity index (χ3v) is 6.24. The van der Waals surface area contributed by atoms with Crippen LogP contribution in [0, 0.1) is 11.6 Å². The molecule has 2 aromatic carbocycles. The lowest BCUT2D eigenvalue weighted by molar-refractivity contribution is -0.119. The lowest BCUT2D eigenvalue weighted by atomic mass is 9.97. The van der Waals surface area contributed by atoms with Crippen LogP contribution in [-0.2, 0) is 21.2 Å². The summed E-state index contributed by atoms with van der Waals surface area (Å²) in [6, 6.07) is 5.85. The van der Waals surface area contributed by atoms with E-state index in [9.17, 15) is 22.0 Å². The van der Waals surface area contributed by atoms with Gasteiger partial charge in [-0.05, 0) is 55.2 Å². The van der Waals surface area contributed by atoms with E-state index < -0.39 is 27.6 Å². The number of rotatable bonds is 3. The highest BCUT2D eigenvalue weighted by Gasteiger charge is 2.38. The van der Waals surface area contributed by atoms with Gasteiger partial charge in [-0.15, -0.1) is 0 Å². The zero-order valence-corrected chi connectivity index (χ0v) is 14.7. The Bertz CT molecular complexity index is 1040. The van der Waals surface area contributed by atoms with E-state index in [1.54, 1.807) is 17.9 Å². The van der Waals surface area contributed by atoms with Crippen molar-refractivity contribution in [2.45, 2.75) is 30.6 Å². The summed E-state index contributed by atoms with van der Waals surface area (Å²) in [6.45, 7) is 2.40. The molecule has 0 fully saturated rings. The molecule has 0 unspecified atom stereocenters. The van der Waals surface area contributed by atoms with Gasteiger partial charge in [-0.2, -0.15) is 0 Å². The van der Waals surface area contributed by atoms with Gasteiger partial charge in [0.25, 0.3) is 10.0 Å². The van der Waals surface area contributed by atoms with Gasteiger partial charge in [0.05, 0.1) is 22.2 Å². The number of hydrogen-bond donors (Lipinski definition) is 1. The SMILES string of the molecule is C[C@H]1C(=O)N2CCCc3cc(S(=O)(=O)Nc4ccc(F)c(F)c4)cc1c32. The van der Waals surface area contributed by atoms with E-state index in [0.29, 0.717) is 18.5 Å². The molecule has 2 aromatic rings. The van der Waals surface area contributed by atoms with E-state index in [1.165, 1.54) is 6.07 Å². The third-order valence-electron chi connectivity index (χ3n) is 4.87. The second-order valence-electron chi connectivity index (χ2n) is 6.57. The Balaban J connectivity index is 1.76. The number of anilines is 2. The average Bonchev–Trinajstić information content (AvgIpc) is 2.85. The van der Waals surface area contributed by atoms with Gasteiger partial charge in [0.15, 0.2) is 11.6 Å². The lowest BCUT2D eigenvalue weighted by Gasteiger charge is -2.26. The second kappa shape index (κ2) is 5.77. The summed E-state index contributed by atoms with van der Waals surface area (Å²) in [6.07, 6.45) is 1.46. The van der Waals surface area contributed by atoms with Crippen molar-refractivity contribution < 1.29 is 22.0 Å². The predicted octanol–water partition coefficient (Wildman–Crippen LogP) is 3.16. The fourth-order valence-electron chi connectivity index (χ4n) is 3.59. The van der Waals surface area contributed by atoms with Gasteiger partial charge in [-0.25, -0.2) is 17.2 Å². The van der Waals surface area contributed by atoms with Crippen molar-refractivity contribution in [2.75, 3.05) is 16.2 Å². The predicted molar refractivity (Wildman–Crippen MR) is 92.7 cm³/mol. The highest BCUT2D eigenvalue weighted by atomic mass is 32.2. The highest BCUT2D eigenvalue weighted by Crippen LogP contribution is 2.44. The van der Waals surface area contributed by atoms with Gasteiger partial charge in [0.1, 0.15) is 0 Å². The summed E-state index contributed by atoms with van der Waals surface area (Å²) in [4.78, 5) is 14.1. The maximum Gasteiger partial charge on any atom is 0.261 e. The zero-order chi connectivity index (χ0) is 18.6. The van der Waals surface area contributed by atoms with Crippen molar-refractivity contribution in [3.8, 4) is 0 Å². The van der Waals surface area contributed by atoms with Gasteiger partial charge in [-0.3, -0.25) is 9.52 Å². The molecule has 2 aliphatic heterocycles. The van der Waals surface area contributed by atoms with E-state index in [-0.39, 0.29) is 16.5 Å². The maximum atomic E-state index is 13.3. The molecule has 26 heavy (non-hydrogen) atoms. The Kier molecular flexibility index (Phi) is 3.76. The summed E-state index contributed by atoms with van der Waals surface area (Å²) >= 11 is 0. The molecule has 2 heterocycles. The van der Waals surface area contributed by atoms with Crippen molar-refractivity contribution in [1.82, 2.24) is 0 Å². The smallest absolute Gasteiger partial charge is 0.261 e. The standard InChI is InChI=1S/C18H16F2N2O3S/c1-10-14-9-13(7-11-3-2-6-22(17(11)14)18(10)23)26(24,25)21-12-4-5-15(19)16(20)8-12/h4-5,7-10,21H,2-3,6H2,1H3/t10-/m1/s1. The number of aryl methyl sites for hydroxylation is 1. The molecule has 0 radical (unpaired) electrons. The molecule has 2 aliphatic rings. The summed E-state index contributed by atoms with van der Waals surface area (Å²) in [5, 5.41) is 0. The molecular formula is C18H16F2N2O3S. The van der Waals surface area contributed by atoms with Gasteiger partial charge in [0, 0.05) is 12.6 Å². The van der Waals surface area contributed by atoms with Crippen molar-refractivity contribution in [3.05, 3.63) is 53.1 Å². The summed E-state index contributed by atoms with van der Waals surface area (Å²) < 4.78 is 54.1. The first kappa shape index (κ1) is 17.0. The van der Waals surface area contributed by atoms with Crippen LogP contribution >= 0.6 is 0 Å². The van der Waals surface area contributed by atoms with E-state index in [1.807, 2.05) is 0 Å². The molecule has 1 N–H and O–H groups in total. The minimum Gasteiger partial charge on any atom is -0.311 e. The number of carbonyl (C=O) groups is 1. The second-order valence-corrected chi connectivity index (χ2v) is 8.25. The zero-order valence-electron chi connectivity index (χ0n) is 13.9. The Labute approximate surface area is 149 Å². The number of benzene rings is 2. The first-order valence-corrected chi connectivity index (χ1v) is 9.72. The van der Waals surface area contributed by atoms with E-state index >= 15 is 0 Å². The Morgan fingerprint density at radius 3 is 2.65 bits per heavy atom. The number of carbonyl (C=O) groups excluding carboxylic acids is 1. The van der Waals surface area contributed by atoms with Crippen LogP contribution in [0.2, 0.25) is 0 Å². The minimum absolute atomic E-state index is 0.0133. The van der Waals surface area contributed by atoms with Crippen LogP contribution in [0.15, 0.2) is 35.2 Å². The Hall–Kier alpha value is -2.48. The minimum atomic E-state index is -4.00. The largest absolute Gasteiger partial charge is 0.311 e. The number of hydrogen-bond acceptors (Lipinski definition) is 3. The van der Waals surface area contributed by atoms with Crippen molar-refractivity contribution in [3.63, 3.8) is 0 Å². The number of nitrogens with one attached hydrogen (secondary N) is 1. The molecule has 1 amide bonds. The third kappa shape index (κ3) is 2.56. The summed E-state index contributed by atoms with van der Waals surface area (Å²) in [5.41, 5.74) is 2.26. The van der Waals surface area contributed by atoms with Crippen LogP contribution in [0.5, 0.6) is 0 Å². The number of sulfonamides is 1. The Morgan fingerprint density at radius 2 is 1.92 bits per heavy atom. The molecule has 0 saturated heterocycles. The Morgan fingerprint density at radius 1 is 1.15 bits per heavy atom. The van der Waals surface area contributed by atoms with Gasteiger partial charge in [0.2, 0.25) is 5.91 Å². The summed E-state index contributed by atoms with van der Waals surface area (Å²) in [7, 11) is -4.00. The fourth-order valence-corrected chi connectivity index (χ4v) is 4.73. The molecule has 1 atom stereocenters. The molecule has 0 aliphatic carbocycles. The molecule has 0 bridgehead atoms. The molecule has 136 valence electrons. The molecule has 0 saturated carbocycles. The van der Waals surface area contributed by atoms with Crippen LogP contribution in [0.1, 0.15) is 30.4 Å². The topological polar surface area (TPSA) is 66.5 Å². The van der Waals surface area contributed by atoms with Gasteiger partial charge in [-0.1, -0.05) is 0 Å². The fraction of sp³-hybridized carbons (Fsp3) is 0.278. The molecule has 4 rings (SSSR count). The first-order chi connectivity index (χ1) is 12.3. The molecule has 0 aromatic heterocycles. The molecule has 8 heteroatoms. The van der Waals surface area contributed by atoms with E-state index in [2.05, 4.69) is 4.72 Å². The van der Waals surface area contributed by atoms with Crippen LogP contribution in [0.4, 0.5) is 20.2 Å².